The van der Waals surface area contributed by atoms with Crippen molar-refractivity contribution in [1.29, 1.82) is 5.41 Å². The second-order valence-electron chi connectivity index (χ2n) is 11.1. The number of ketones is 1. The molecule has 2 N–H and O–H groups in total. The smallest absolute Gasteiger partial charge is 0.197 e. The Morgan fingerprint density at radius 2 is 1.80 bits per heavy atom. The van der Waals surface area contributed by atoms with Gasteiger partial charge in [0.25, 0.3) is 0 Å². The molecular weight excluding hydrogens is 517 g/mol. The first-order valence-corrected chi connectivity index (χ1v) is 13.6. The van der Waals surface area contributed by atoms with Crippen LogP contribution in [0.5, 0.6) is 17.2 Å². The summed E-state index contributed by atoms with van der Waals surface area (Å²) in [5, 5.41) is 19.2. The van der Waals surface area contributed by atoms with Crippen molar-refractivity contribution in [2.75, 3.05) is 52.0 Å². The molecule has 40 heavy (non-hydrogen) atoms. The summed E-state index contributed by atoms with van der Waals surface area (Å²) in [4.78, 5) is 17.3. The van der Waals surface area contributed by atoms with E-state index in [0.29, 0.717) is 48.0 Å². The number of aliphatic hydroxyl groups is 1. The standard InChI is InChI=1S/C30H40FN3O6/c1-8-39-23-12-18-13-34(29(32)25(18)26(31)28(23)40-9-2)14-21(35)17-10-19(30(3,4)5)27(38-7)20(11-17)33-15-22(36)24(16-33)37-6/h10-12,22,24,32,36H,8-9,13-16H2,1-7H3/t22-,24-/m1/s1. The molecule has 2 heterocycles. The first kappa shape index (κ1) is 29.6. The van der Waals surface area contributed by atoms with Crippen LogP contribution in [0.4, 0.5) is 10.1 Å². The third-order valence-electron chi connectivity index (χ3n) is 7.39. The molecule has 9 nitrogen and oxygen atoms in total. The summed E-state index contributed by atoms with van der Waals surface area (Å²) in [6.07, 6.45) is -1.03. The molecule has 0 bridgehead atoms. The number of ether oxygens (including phenoxy) is 4. The zero-order chi connectivity index (χ0) is 29.4. The summed E-state index contributed by atoms with van der Waals surface area (Å²) in [7, 11) is 3.16. The maximum atomic E-state index is 15.5. The van der Waals surface area contributed by atoms with Crippen LogP contribution < -0.4 is 19.1 Å². The third kappa shape index (κ3) is 5.47. The Hall–Kier alpha value is -3.37. The maximum absolute atomic E-state index is 15.5. The molecule has 0 amide bonds. The number of carbonyl (C=O) groups is 1. The van der Waals surface area contributed by atoms with Crippen molar-refractivity contribution in [3.8, 4) is 17.2 Å². The Morgan fingerprint density at radius 3 is 2.38 bits per heavy atom. The highest BCUT2D eigenvalue weighted by molar-refractivity contribution is 6.06. The lowest BCUT2D eigenvalue weighted by Gasteiger charge is -2.29. The lowest BCUT2D eigenvalue weighted by Crippen LogP contribution is -2.31. The number of Topliss-reactive ketones (excluding diaryl/α,β-unsaturated/α-hetero) is 1. The van der Waals surface area contributed by atoms with Crippen molar-refractivity contribution in [1.82, 2.24) is 4.90 Å². The molecule has 1 saturated heterocycles. The van der Waals surface area contributed by atoms with Gasteiger partial charge in [0.05, 0.1) is 44.2 Å². The van der Waals surface area contributed by atoms with E-state index >= 15 is 4.39 Å². The van der Waals surface area contributed by atoms with Crippen LogP contribution in [0.25, 0.3) is 0 Å². The average molecular weight is 558 g/mol. The Balaban J connectivity index is 1.68. The number of anilines is 1. The molecule has 0 radical (unpaired) electrons. The number of carbonyl (C=O) groups excluding carboxylic acids is 1. The molecule has 10 heteroatoms. The number of nitrogens with one attached hydrogen (secondary N) is 1. The maximum Gasteiger partial charge on any atom is 0.197 e. The van der Waals surface area contributed by atoms with Crippen LogP contribution in [0, 0.1) is 11.2 Å². The molecule has 0 aliphatic carbocycles. The van der Waals surface area contributed by atoms with E-state index in [1.165, 1.54) is 0 Å². The van der Waals surface area contributed by atoms with Crippen LogP contribution in [-0.4, -0.2) is 80.9 Å². The van der Waals surface area contributed by atoms with Crippen molar-refractivity contribution < 1.29 is 33.2 Å². The van der Waals surface area contributed by atoms with E-state index < -0.39 is 11.9 Å². The van der Waals surface area contributed by atoms with Crippen LogP contribution in [0.1, 0.15) is 61.7 Å². The van der Waals surface area contributed by atoms with Gasteiger partial charge >= 0.3 is 0 Å². The topological polar surface area (TPSA) is 105 Å². The van der Waals surface area contributed by atoms with Crippen LogP contribution >= 0.6 is 0 Å². The number of β-amino-alcohol motifs (C(OH)–C–C–N with tert-alkyl or cyclic N) is 1. The van der Waals surface area contributed by atoms with Crippen LogP contribution in [0.15, 0.2) is 18.2 Å². The molecule has 218 valence electrons. The van der Waals surface area contributed by atoms with Gasteiger partial charge in [-0.05, 0) is 43.0 Å². The van der Waals surface area contributed by atoms with E-state index in [0.717, 1.165) is 5.56 Å². The predicted molar refractivity (Wildman–Crippen MR) is 151 cm³/mol. The molecule has 2 aromatic carbocycles. The lowest BCUT2D eigenvalue weighted by molar-refractivity contribution is 0.0217. The molecule has 2 atom stereocenters. The van der Waals surface area contributed by atoms with Gasteiger partial charge in [0.15, 0.2) is 23.1 Å². The molecule has 0 aromatic heterocycles. The van der Waals surface area contributed by atoms with Gasteiger partial charge < -0.3 is 33.9 Å². The molecule has 1 fully saturated rings. The van der Waals surface area contributed by atoms with E-state index in [1.54, 1.807) is 45.1 Å². The van der Waals surface area contributed by atoms with Gasteiger partial charge in [0.2, 0.25) is 0 Å². The van der Waals surface area contributed by atoms with Crippen molar-refractivity contribution >= 4 is 17.3 Å². The Labute approximate surface area is 235 Å². The Kier molecular flexibility index (Phi) is 8.60. The quantitative estimate of drug-likeness (QED) is 0.420. The molecule has 2 aromatic rings. The zero-order valence-electron chi connectivity index (χ0n) is 24.4. The van der Waals surface area contributed by atoms with Crippen LogP contribution in [-0.2, 0) is 16.7 Å². The molecular formula is C30H40FN3O6. The van der Waals surface area contributed by atoms with Crippen LogP contribution in [0.3, 0.4) is 0 Å². The normalized spacial score (nSPS) is 18.8. The molecule has 2 aliphatic rings. The number of methoxy groups -OCH3 is 2. The molecule has 0 saturated carbocycles. The summed E-state index contributed by atoms with van der Waals surface area (Å²) < 4.78 is 37.9. The molecule has 0 unspecified atom stereocenters. The predicted octanol–water partition coefficient (Wildman–Crippen LogP) is 4.15. The van der Waals surface area contributed by atoms with Gasteiger partial charge in [0, 0.05) is 37.9 Å². The van der Waals surface area contributed by atoms with E-state index in [4.69, 9.17) is 24.4 Å². The number of rotatable bonds is 10. The van der Waals surface area contributed by atoms with Gasteiger partial charge in [-0.15, -0.1) is 0 Å². The second-order valence-corrected chi connectivity index (χ2v) is 11.1. The molecule has 2 aliphatic heterocycles. The fraction of sp³-hybridized carbons (Fsp3) is 0.533. The molecule has 0 spiro atoms. The highest BCUT2D eigenvalue weighted by atomic mass is 19.1. The summed E-state index contributed by atoms with van der Waals surface area (Å²) in [6, 6.07) is 5.30. The highest BCUT2D eigenvalue weighted by Gasteiger charge is 2.36. The monoisotopic (exact) mass is 557 g/mol. The minimum absolute atomic E-state index is 0.0159. The first-order chi connectivity index (χ1) is 18.9. The van der Waals surface area contributed by atoms with Crippen molar-refractivity contribution in [2.45, 2.75) is 58.8 Å². The van der Waals surface area contributed by atoms with Gasteiger partial charge in [-0.1, -0.05) is 20.8 Å². The van der Waals surface area contributed by atoms with Gasteiger partial charge in [-0.3, -0.25) is 10.2 Å². The van der Waals surface area contributed by atoms with Crippen LogP contribution in [0.2, 0.25) is 0 Å². The van der Waals surface area contributed by atoms with Crippen molar-refractivity contribution in [3.05, 3.63) is 46.3 Å². The average Bonchev–Trinajstić information content (AvgIpc) is 3.43. The summed E-state index contributed by atoms with van der Waals surface area (Å²) in [5.74, 6) is -0.0186. The Morgan fingerprint density at radius 1 is 1.10 bits per heavy atom. The second kappa shape index (κ2) is 11.6. The number of hydrogen-bond donors (Lipinski definition) is 2. The van der Waals surface area contributed by atoms with E-state index in [2.05, 4.69) is 0 Å². The fourth-order valence-electron chi connectivity index (χ4n) is 5.39. The number of hydrogen-bond acceptors (Lipinski definition) is 8. The van der Waals surface area contributed by atoms with Crippen molar-refractivity contribution in [3.63, 3.8) is 0 Å². The summed E-state index contributed by atoms with van der Waals surface area (Å²) in [5.41, 5.74) is 2.35. The number of benzene rings is 2. The largest absolute Gasteiger partial charge is 0.494 e. The van der Waals surface area contributed by atoms with Gasteiger partial charge in [-0.2, -0.15) is 0 Å². The van der Waals surface area contributed by atoms with E-state index in [9.17, 15) is 9.90 Å². The first-order valence-electron chi connectivity index (χ1n) is 13.6. The van der Waals surface area contributed by atoms with E-state index in [-0.39, 0.29) is 54.1 Å². The summed E-state index contributed by atoms with van der Waals surface area (Å²) in [6.45, 7) is 11.2. The fourth-order valence-corrected chi connectivity index (χ4v) is 5.39. The highest BCUT2D eigenvalue weighted by Crippen LogP contribution is 2.42. The number of amidine groups is 1. The number of halogens is 1. The molecule has 4 rings (SSSR count). The summed E-state index contributed by atoms with van der Waals surface area (Å²) >= 11 is 0. The lowest BCUT2D eigenvalue weighted by atomic mass is 9.84. The van der Waals surface area contributed by atoms with Gasteiger partial charge in [0.1, 0.15) is 17.7 Å². The van der Waals surface area contributed by atoms with Gasteiger partial charge in [-0.25, -0.2) is 4.39 Å². The number of aliphatic hydroxyl groups excluding tert-OH is 1. The number of nitrogens with zero attached hydrogens (tertiary/aromatic N) is 2. The minimum Gasteiger partial charge on any atom is -0.494 e. The number of fused-ring (bicyclic) bond motifs is 1. The zero-order valence-corrected chi connectivity index (χ0v) is 24.4. The Bertz CT molecular complexity index is 1290. The van der Waals surface area contributed by atoms with E-state index in [1.807, 2.05) is 31.7 Å². The van der Waals surface area contributed by atoms with Crippen molar-refractivity contribution in [2.24, 2.45) is 0 Å². The SMILES string of the molecule is CCOc1cc2c(c(F)c1OCC)C(=N)N(CC(=O)c1cc(N3C[C@@H](O)[C@H](OC)C3)c(OC)c(C(C)(C)C)c1)C2. The third-order valence-corrected chi connectivity index (χ3v) is 7.39. The minimum atomic E-state index is -0.672.